The molecule has 0 aromatic heterocycles. The number of hydrogen-bond acceptors (Lipinski definition) is 2. The maximum atomic E-state index is 12.1. The molecule has 3 heteroatoms. The van der Waals surface area contributed by atoms with Crippen LogP contribution in [0.15, 0.2) is 41.3 Å². The maximum absolute atomic E-state index is 12.1. The number of benzene rings is 1. The molecule has 2 aliphatic rings. The Balaban J connectivity index is 2.18. The fourth-order valence-corrected chi connectivity index (χ4v) is 3.93. The van der Waals surface area contributed by atoms with Gasteiger partial charge in [0.05, 0.1) is 11.7 Å². The molecule has 0 spiro atoms. The van der Waals surface area contributed by atoms with Gasteiger partial charge in [-0.05, 0) is 38.5 Å². The third kappa shape index (κ3) is 1.61. The third-order valence-electron chi connectivity index (χ3n) is 3.47. The number of carbonyl (C=O) groups excluding carboxylic acids is 1. The molecule has 1 aromatic rings. The lowest BCUT2D eigenvalue weighted by atomic mass is 9.94. The number of carbonyl (C=O) groups is 1. The largest absolute Gasteiger partial charge is 0.303 e. The van der Waals surface area contributed by atoms with Crippen molar-refractivity contribution in [3.8, 4) is 0 Å². The van der Waals surface area contributed by atoms with Gasteiger partial charge in [0, 0.05) is 9.64 Å². The summed E-state index contributed by atoms with van der Waals surface area (Å²) in [7, 11) is 0. The van der Waals surface area contributed by atoms with Gasteiger partial charge in [-0.25, -0.2) is 0 Å². The van der Waals surface area contributed by atoms with E-state index < -0.39 is 0 Å². The standard InChI is InChI=1S/C14H15NOS/c1-14(2)12-8-5-9-13(16)15(12)10-6-3-4-7-11(10)17-14/h3-7,9,12H,8H2,1-2H3. The summed E-state index contributed by atoms with van der Waals surface area (Å²) in [6, 6.07) is 8.44. The average Bonchev–Trinajstić information content (AvgIpc) is 2.29. The number of para-hydroxylation sites is 1. The van der Waals surface area contributed by atoms with Gasteiger partial charge in [0.2, 0.25) is 0 Å². The van der Waals surface area contributed by atoms with E-state index in [1.165, 1.54) is 4.90 Å². The molecule has 88 valence electrons. The topological polar surface area (TPSA) is 20.3 Å². The Bertz CT molecular complexity index is 507. The summed E-state index contributed by atoms with van der Waals surface area (Å²) in [5.74, 6) is 0.113. The number of thioether (sulfide) groups is 1. The first-order valence-corrected chi connectivity index (χ1v) is 6.69. The predicted octanol–water partition coefficient (Wildman–Crippen LogP) is 3.23. The summed E-state index contributed by atoms with van der Waals surface area (Å²) in [5, 5.41) is 0. The zero-order valence-corrected chi connectivity index (χ0v) is 10.8. The lowest BCUT2D eigenvalue weighted by Crippen LogP contribution is -2.54. The van der Waals surface area contributed by atoms with Gasteiger partial charge < -0.3 is 4.90 Å². The Morgan fingerprint density at radius 2 is 2.12 bits per heavy atom. The van der Waals surface area contributed by atoms with Gasteiger partial charge in [0.15, 0.2) is 0 Å². The summed E-state index contributed by atoms with van der Waals surface area (Å²) in [4.78, 5) is 15.3. The lowest BCUT2D eigenvalue weighted by molar-refractivity contribution is -0.115. The average molecular weight is 245 g/mol. The van der Waals surface area contributed by atoms with Crippen molar-refractivity contribution in [3.63, 3.8) is 0 Å². The van der Waals surface area contributed by atoms with Crippen molar-refractivity contribution in [2.24, 2.45) is 0 Å². The van der Waals surface area contributed by atoms with Crippen LogP contribution < -0.4 is 4.90 Å². The molecule has 0 aliphatic carbocycles. The number of anilines is 1. The summed E-state index contributed by atoms with van der Waals surface area (Å²) in [5.41, 5.74) is 1.07. The van der Waals surface area contributed by atoms with Crippen LogP contribution in [0, 0.1) is 0 Å². The first kappa shape index (κ1) is 10.9. The second-order valence-corrected chi connectivity index (χ2v) is 6.73. The Labute approximate surface area is 106 Å². The SMILES string of the molecule is CC1(C)Sc2ccccc2N2C(=O)C=CCC21. The van der Waals surface area contributed by atoms with Crippen molar-refractivity contribution >= 4 is 23.4 Å². The highest BCUT2D eigenvalue weighted by Gasteiger charge is 2.43. The summed E-state index contributed by atoms with van der Waals surface area (Å²) < 4.78 is 0.0643. The lowest BCUT2D eigenvalue weighted by Gasteiger charge is -2.47. The van der Waals surface area contributed by atoms with E-state index in [1.54, 1.807) is 6.08 Å². The number of amides is 1. The molecule has 0 saturated carbocycles. The number of hydrogen-bond donors (Lipinski definition) is 0. The Morgan fingerprint density at radius 1 is 1.35 bits per heavy atom. The van der Waals surface area contributed by atoms with Crippen LogP contribution in [0.2, 0.25) is 0 Å². The molecule has 2 heterocycles. The molecular formula is C14H15NOS. The van der Waals surface area contributed by atoms with Crippen LogP contribution in [-0.4, -0.2) is 16.7 Å². The molecule has 0 saturated heterocycles. The van der Waals surface area contributed by atoms with E-state index in [2.05, 4.69) is 19.9 Å². The van der Waals surface area contributed by atoms with E-state index in [4.69, 9.17) is 0 Å². The van der Waals surface area contributed by atoms with E-state index in [0.29, 0.717) is 0 Å². The monoisotopic (exact) mass is 245 g/mol. The molecule has 2 aliphatic heterocycles. The van der Waals surface area contributed by atoms with Gasteiger partial charge in [0.1, 0.15) is 0 Å². The van der Waals surface area contributed by atoms with Crippen molar-refractivity contribution < 1.29 is 4.79 Å². The first-order chi connectivity index (χ1) is 8.09. The molecule has 3 rings (SSSR count). The van der Waals surface area contributed by atoms with Crippen LogP contribution in [0.5, 0.6) is 0 Å². The first-order valence-electron chi connectivity index (χ1n) is 5.87. The predicted molar refractivity (Wildman–Crippen MR) is 71.4 cm³/mol. The summed E-state index contributed by atoms with van der Waals surface area (Å²) in [6.07, 6.45) is 4.64. The van der Waals surface area contributed by atoms with Gasteiger partial charge in [-0.15, -0.1) is 11.8 Å². The molecule has 1 unspecified atom stereocenters. The molecule has 2 nitrogen and oxygen atoms in total. The van der Waals surface area contributed by atoms with Crippen LogP contribution in [-0.2, 0) is 4.79 Å². The van der Waals surface area contributed by atoms with E-state index >= 15 is 0 Å². The van der Waals surface area contributed by atoms with Crippen molar-refractivity contribution in [2.75, 3.05) is 4.90 Å². The summed E-state index contributed by atoms with van der Waals surface area (Å²) in [6.45, 7) is 4.44. The van der Waals surface area contributed by atoms with Crippen LogP contribution in [0.1, 0.15) is 20.3 Å². The molecule has 0 N–H and O–H groups in total. The zero-order chi connectivity index (χ0) is 12.0. The molecule has 0 radical (unpaired) electrons. The summed E-state index contributed by atoms with van der Waals surface area (Å²) >= 11 is 1.87. The Kier molecular flexibility index (Phi) is 2.33. The Hall–Kier alpha value is -1.22. The van der Waals surface area contributed by atoms with E-state index in [-0.39, 0.29) is 16.7 Å². The van der Waals surface area contributed by atoms with Gasteiger partial charge in [-0.3, -0.25) is 4.79 Å². The highest BCUT2D eigenvalue weighted by Crippen LogP contribution is 2.49. The highest BCUT2D eigenvalue weighted by molar-refractivity contribution is 8.01. The van der Waals surface area contributed by atoms with Crippen LogP contribution in [0.3, 0.4) is 0 Å². The van der Waals surface area contributed by atoms with Gasteiger partial charge >= 0.3 is 0 Å². The van der Waals surface area contributed by atoms with Gasteiger partial charge in [0.25, 0.3) is 5.91 Å². The quantitative estimate of drug-likeness (QED) is 0.699. The second-order valence-electron chi connectivity index (χ2n) is 5.04. The van der Waals surface area contributed by atoms with Crippen molar-refractivity contribution in [1.29, 1.82) is 0 Å². The molecule has 0 bridgehead atoms. The van der Waals surface area contributed by atoms with Gasteiger partial charge in [-0.2, -0.15) is 0 Å². The van der Waals surface area contributed by atoms with Crippen molar-refractivity contribution in [2.45, 2.75) is 36.0 Å². The zero-order valence-electron chi connectivity index (χ0n) is 10.0. The molecule has 17 heavy (non-hydrogen) atoms. The minimum atomic E-state index is 0.0643. The molecule has 0 fully saturated rings. The van der Waals surface area contributed by atoms with Crippen molar-refractivity contribution in [3.05, 3.63) is 36.4 Å². The number of nitrogens with zero attached hydrogens (tertiary/aromatic N) is 1. The van der Waals surface area contributed by atoms with Crippen molar-refractivity contribution in [1.82, 2.24) is 0 Å². The second kappa shape index (κ2) is 3.64. The van der Waals surface area contributed by atoms with Crippen LogP contribution >= 0.6 is 11.8 Å². The van der Waals surface area contributed by atoms with E-state index in [9.17, 15) is 4.79 Å². The van der Waals surface area contributed by atoms with Gasteiger partial charge in [-0.1, -0.05) is 18.2 Å². The normalized spacial score (nSPS) is 25.4. The Morgan fingerprint density at radius 3 is 2.94 bits per heavy atom. The van der Waals surface area contributed by atoms with Crippen LogP contribution in [0.25, 0.3) is 0 Å². The highest BCUT2D eigenvalue weighted by atomic mass is 32.2. The van der Waals surface area contributed by atoms with E-state index in [1.807, 2.05) is 40.9 Å². The molecule has 1 aromatic carbocycles. The maximum Gasteiger partial charge on any atom is 0.251 e. The third-order valence-corrected chi connectivity index (χ3v) is 4.83. The number of rotatable bonds is 0. The number of fused-ring (bicyclic) bond motifs is 3. The molecule has 1 amide bonds. The fraction of sp³-hybridized carbons (Fsp3) is 0.357. The smallest absolute Gasteiger partial charge is 0.251 e. The minimum absolute atomic E-state index is 0.0643. The molecule has 1 atom stereocenters. The minimum Gasteiger partial charge on any atom is -0.303 e. The van der Waals surface area contributed by atoms with E-state index in [0.717, 1.165) is 12.1 Å². The molecular weight excluding hydrogens is 230 g/mol. The fourth-order valence-electron chi connectivity index (χ4n) is 2.61. The van der Waals surface area contributed by atoms with Crippen LogP contribution in [0.4, 0.5) is 5.69 Å².